The van der Waals surface area contributed by atoms with Gasteiger partial charge in [-0.15, -0.1) is 0 Å². The van der Waals surface area contributed by atoms with Crippen molar-refractivity contribution in [2.24, 2.45) is 40.4 Å². The molecule has 3 saturated carbocycles. The highest BCUT2D eigenvalue weighted by Gasteiger charge is 2.71. The fourth-order valence-corrected chi connectivity index (χ4v) is 7.91. The Morgan fingerprint density at radius 3 is 2.31 bits per heavy atom. The van der Waals surface area contributed by atoms with Crippen molar-refractivity contribution in [3.8, 4) is 0 Å². The Bertz CT molecular complexity index is 829. The van der Waals surface area contributed by atoms with Crippen LogP contribution in [0.25, 0.3) is 0 Å². The molecular weight excluding hydrogens is 400 g/mol. The molecule has 0 heterocycles. The van der Waals surface area contributed by atoms with Crippen molar-refractivity contribution < 1.29 is 20.1 Å². The Morgan fingerprint density at radius 2 is 1.66 bits per heavy atom. The van der Waals surface area contributed by atoms with Crippen molar-refractivity contribution >= 4 is 5.78 Å². The third kappa shape index (κ3) is 3.15. The van der Waals surface area contributed by atoms with E-state index < -0.39 is 22.7 Å². The molecule has 0 spiro atoms. The topological polar surface area (TPSA) is 77.8 Å². The first-order valence-corrected chi connectivity index (χ1v) is 12.9. The highest BCUT2D eigenvalue weighted by atomic mass is 16.3. The van der Waals surface area contributed by atoms with Gasteiger partial charge >= 0.3 is 0 Å². The largest absolute Gasteiger partial charge is 0.393 e. The Labute approximate surface area is 194 Å². The lowest BCUT2D eigenvalue weighted by Crippen LogP contribution is -2.71. The number of fused-ring (bicyclic) bond motifs is 5. The minimum Gasteiger partial charge on any atom is -0.393 e. The summed E-state index contributed by atoms with van der Waals surface area (Å²) in [4.78, 5) is 13.3. The molecule has 180 valence electrons. The van der Waals surface area contributed by atoms with Crippen LogP contribution in [0.4, 0.5) is 0 Å². The average Bonchev–Trinajstić information content (AvgIpc) is 3.07. The fourth-order valence-electron chi connectivity index (χ4n) is 7.91. The summed E-state index contributed by atoms with van der Waals surface area (Å²) in [5.41, 5.74) is -2.90. The molecule has 0 unspecified atom stereocenters. The monoisotopic (exact) mass is 444 g/mol. The number of carbonyl (C=O) groups is 1. The summed E-state index contributed by atoms with van der Waals surface area (Å²) < 4.78 is 0. The molecule has 4 nitrogen and oxygen atoms in total. The van der Waals surface area contributed by atoms with Gasteiger partial charge in [0.2, 0.25) is 0 Å². The molecule has 0 bridgehead atoms. The number of aliphatic hydroxyl groups excluding tert-OH is 1. The molecule has 0 aliphatic heterocycles. The van der Waals surface area contributed by atoms with Gasteiger partial charge < -0.3 is 15.3 Å². The SMILES string of the molecule is CC(C)[C@@H](C)/C=C/[C@@H](C)[C@H]1CC[C@H]2C3=CC(=O)[C@@]4(O)C[C@@H](O)CC[C@]4(C)[C@]3(O)CC[C@]12C. The quantitative estimate of drug-likeness (QED) is 0.543. The smallest absolute Gasteiger partial charge is 0.188 e. The lowest BCUT2D eigenvalue weighted by Gasteiger charge is -2.63. The van der Waals surface area contributed by atoms with Crippen LogP contribution in [0, 0.1) is 40.4 Å². The van der Waals surface area contributed by atoms with Gasteiger partial charge in [-0.2, -0.15) is 0 Å². The predicted molar refractivity (Wildman–Crippen MR) is 127 cm³/mol. The van der Waals surface area contributed by atoms with Gasteiger partial charge in [-0.1, -0.05) is 53.7 Å². The van der Waals surface area contributed by atoms with E-state index in [1.807, 2.05) is 6.92 Å². The maximum absolute atomic E-state index is 13.3. The molecule has 3 fully saturated rings. The van der Waals surface area contributed by atoms with E-state index in [-0.39, 0.29) is 23.5 Å². The molecule has 9 atom stereocenters. The summed E-state index contributed by atoms with van der Waals surface area (Å²) in [7, 11) is 0. The molecule has 4 heteroatoms. The van der Waals surface area contributed by atoms with Crippen LogP contribution in [-0.2, 0) is 4.79 Å². The summed E-state index contributed by atoms with van der Waals surface area (Å²) >= 11 is 0. The van der Waals surface area contributed by atoms with Gasteiger partial charge in [0.05, 0.1) is 11.7 Å². The minimum atomic E-state index is -1.68. The van der Waals surface area contributed by atoms with E-state index in [0.29, 0.717) is 42.9 Å². The molecule has 4 rings (SSSR count). The summed E-state index contributed by atoms with van der Waals surface area (Å²) in [5.74, 6) is 2.01. The van der Waals surface area contributed by atoms with Crippen LogP contribution >= 0.6 is 0 Å². The van der Waals surface area contributed by atoms with E-state index in [2.05, 4.69) is 46.8 Å². The second kappa shape index (κ2) is 7.78. The molecule has 4 aliphatic carbocycles. The molecule has 0 aromatic carbocycles. The lowest BCUT2D eigenvalue weighted by atomic mass is 9.43. The molecule has 0 saturated heterocycles. The van der Waals surface area contributed by atoms with Gasteiger partial charge in [0.1, 0.15) is 5.60 Å². The molecule has 0 aromatic heterocycles. The standard InChI is InChI=1S/C28H44O4/c1-17(2)18(3)7-8-19(4)21-9-10-22-23-15-24(30)28(32)16-20(29)11-12-26(28,6)27(23,31)14-13-25(21,22)5/h7-8,15,17-22,29,31-32H,9-14,16H2,1-6H3/b8-7+/t18-,19+,20-,21+,22-,25+,26+,27-,28-/m0/s1. The van der Waals surface area contributed by atoms with Crippen LogP contribution < -0.4 is 0 Å². The van der Waals surface area contributed by atoms with E-state index in [1.54, 1.807) is 6.08 Å². The van der Waals surface area contributed by atoms with E-state index in [0.717, 1.165) is 24.8 Å². The van der Waals surface area contributed by atoms with E-state index in [4.69, 9.17) is 0 Å². The second-order valence-corrected chi connectivity index (χ2v) is 12.5. The van der Waals surface area contributed by atoms with E-state index in [1.165, 1.54) is 0 Å². The molecule has 0 radical (unpaired) electrons. The molecular formula is C28H44O4. The van der Waals surface area contributed by atoms with Crippen LogP contribution in [0.5, 0.6) is 0 Å². The van der Waals surface area contributed by atoms with Crippen molar-refractivity contribution in [2.75, 3.05) is 0 Å². The summed E-state index contributed by atoms with van der Waals surface area (Å²) in [6.45, 7) is 13.4. The summed E-state index contributed by atoms with van der Waals surface area (Å²) in [6, 6.07) is 0. The molecule has 32 heavy (non-hydrogen) atoms. The predicted octanol–water partition coefficient (Wildman–Crippen LogP) is 4.82. The number of ketones is 1. The number of hydrogen-bond donors (Lipinski definition) is 3. The zero-order chi connectivity index (χ0) is 23.7. The summed E-state index contributed by atoms with van der Waals surface area (Å²) in [5, 5.41) is 33.9. The minimum absolute atomic E-state index is 0.0227. The molecule has 3 N–H and O–H groups in total. The van der Waals surface area contributed by atoms with Gasteiger partial charge in [-0.25, -0.2) is 0 Å². The lowest BCUT2D eigenvalue weighted by molar-refractivity contribution is -0.223. The van der Waals surface area contributed by atoms with E-state index >= 15 is 0 Å². The second-order valence-electron chi connectivity index (χ2n) is 12.5. The number of allylic oxidation sites excluding steroid dienone is 2. The van der Waals surface area contributed by atoms with Gasteiger partial charge in [-0.05, 0) is 85.2 Å². The van der Waals surface area contributed by atoms with Crippen molar-refractivity contribution in [2.45, 2.75) is 104 Å². The van der Waals surface area contributed by atoms with Crippen LogP contribution in [0.15, 0.2) is 23.8 Å². The average molecular weight is 445 g/mol. The van der Waals surface area contributed by atoms with Gasteiger partial charge in [0, 0.05) is 11.8 Å². The van der Waals surface area contributed by atoms with Crippen molar-refractivity contribution in [3.63, 3.8) is 0 Å². The number of rotatable bonds is 4. The van der Waals surface area contributed by atoms with Crippen molar-refractivity contribution in [1.82, 2.24) is 0 Å². The zero-order valence-corrected chi connectivity index (χ0v) is 20.9. The van der Waals surface area contributed by atoms with E-state index in [9.17, 15) is 20.1 Å². The van der Waals surface area contributed by atoms with Gasteiger partial charge in [0.15, 0.2) is 5.78 Å². The van der Waals surface area contributed by atoms with Crippen molar-refractivity contribution in [1.29, 1.82) is 0 Å². The maximum atomic E-state index is 13.3. The first-order chi connectivity index (χ1) is 14.8. The normalized spacial score (nSPS) is 48.2. The third-order valence-electron chi connectivity index (χ3n) is 10.7. The zero-order valence-electron chi connectivity index (χ0n) is 20.9. The maximum Gasteiger partial charge on any atom is 0.188 e. The molecule has 4 aliphatic rings. The molecule has 0 aromatic rings. The van der Waals surface area contributed by atoms with Crippen LogP contribution in [0.1, 0.15) is 86.5 Å². The van der Waals surface area contributed by atoms with Crippen LogP contribution in [0.2, 0.25) is 0 Å². The fraction of sp³-hybridized carbons (Fsp3) is 0.821. The Balaban J connectivity index is 1.67. The summed E-state index contributed by atoms with van der Waals surface area (Å²) in [6.07, 6.45) is 10.2. The Morgan fingerprint density at radius 1 is 0.969 bits per heavy atom. The Kier molecular flexibility index (Phi) is 5.88. The number of aliphatic hydroxyl groups is 3. The Hall–Kier alpha value is -0.970. The third-order valence-corrected chi connectivity index (χ3v) is 10.7. The van der Waals surface area contributed by atoms with Gasteiger partial charge in [0.25, 0.3) is 0 Å². The highest BCUT2D eigenvalue weighted by Crippen LogP contribution is 2.68. The van der Waals surface area contributed by atoms with Gasteiger partial charge in [-0.3, -0.25) is 4.79 Å². The van der Waals surface area contributed by atoms with Crippen LogP contribution in [-0.4, -0.2) is 38.4 Å². The first-order valence-electron chi connectivity index (χ1n) is 12.9. The molecule has 0 amide bonds. The van der Waals surface area contributed by atoms with Crippen molar-refractivity contribution in [3.05, 3.63) is 23.8 Å². The number of hydrogen-bond acceptors (Lipinski definition) is 4. The number of carbonyl (C=O) groups excluding carboxylic acids is 1. The highest BCUT2D eigenvalue weighted by molar-refractivity contribution is 6.00. The van der Waals surface area contributed by atoms with Crippen LogP contribution in [0.3, 0.4) is 0 Å². The first kappa shape index (κ1) is 24.2.